The number of anilines is 1. The normalized spacial score (nSPS) is 20.0. The first-order valence-corrected chi connectivity index (χ1v) is 6.76. The molecule has 0 saturated carbocycles. The van der Waals surface area contributed by atoms with E-state index < -0.39 is 0 Å². The molecule has 1 aliphatic rings. The van der Waals surface area contributed by atoms with Gasteiger partial charge in [0.05, 0.1) is 11.7 Å². The van der Waals surface area contributed by atoms with Gasteiger partial charge in [-0.25, -0.2) is 0 Å². The Balaban J connectivity index is 2.04. The van der Waals surface area contributed by atoms with Crippen molar-refractivity contribution in [2.45, 2.75) is 32.2 Å². The Bertz CT molecular complexity index is 414. The Morgan fingerprint density at radius 2 is 2.29 bits per heavy atom. The number of carbonyl (C=O) groups excluding carboxylic acids is 1. The molecule has 92 valence electrons. The highest BCUT2D eigenvalue weighted by molar-refractivity contribution is 9.10. The third-order valence-corrected chi connectivity index (χ3v) is 3.70. The highest BCUT2D eigenvalue weighted by Gasteiger charge is 2.20. The van der Waals surface area contributed by atoms with E-state index in [1.54, 1.807) is 0 Å². The molecule has 1 saturated heterocycles. The van der Waals surface area contributed by atoms with Crippen molar-refractivity contribution in [3.8, 4) is 0 Å². The summed E-state index contributed by atoms with van der Waals surface area (Å²) in [7, 11) is 0. The zero-order valence-corrected chi connectivity index (χ0v) is 11.5. The van der Waals surface area contributed by atoms with Crippen LogP contribution in [0.1, 0.15) is 24.8 Å². The van der Waals surface area contributed by atoms with Crippen LogP contribution in [0.15, 0.2) is 22.7 Å². The molecule has 1 heterocycles. The molecule has 1 aromatic rings. The lowest BCUT2D eigenvalue weighted by molar-refractivity contribution is -0.118. The molecule has 2 N–H and O–H groups in total. The molecular weight excluding hydrogens is 280 g/mol. The van der Waals surface area contributed by atoms with Crippen LogP contribution in [0.3, 0.4) is 0 Å². The van der Waals surface area contributed by atoms with Crippen LogP contribution in [0.25, 0.3) is 0 Å². The molecule has 0 spiro atoms. The van der Waals surface area contributed by atoms with E-state index in [4.69, 9.17) is 0 Å². The van der Waals surface area contributed by atoms with Crippen molar-refractivity contribution in [3.05, 3.63) is 28.2 Å². The minimum atomic E-state index is -0.0452. The van der Waals surface area contributed by atoms with Gasteiger partial charge in [0, 0.05) is 4.47 Å². The van der Waals surface area contributed by atoms with Crippen LogP contribution in [-0.2, 0) is 4.79 Å². The quantitative estimate of drug-likeness (QED) is 0.881. The van der Waals surface area contributed by atoms with E-state index in [-0.39, 0.29) is 11.9 Å². The maximum atomic E-state index is 12.0. The van der Waals surface area contributed by atoms with Crippen molar-refractivity contribution < 1.29 is 4.79 Å². The zero-order chi connectivity index (χ0) is 12.3. The van der Waals surface area contributed by atoms with E-state index in [2.05, 4.69) is 26.6 Å². The molecule has 17 heavy (non-hydrogen) atoms. The standard InChI is InChI=1S/C13H17BrN2O/c1-9-5-6-10(14)12(8-9)16-13(17)11-4-2-3-7-15-11/h5-6,8,11,15H,2-4,7H2,1H3,(H,16,17). The van der Waals surface area contributed by atoms with Crippen LogP contribution < -0.4 is 10.6 Å². The molecule has 1 aliphatic heterocycles. The zero-order valence-electron chi connectivity index (χ0n) is 9.92. The van der Waals surface area contributed by atoms with Crippen LogP contribution in [0.4, 0.5) is 5.69 Å². The SMILES string of the molecule is Cc1ccc(Br)c(NC(=O)C2CCCCN2)c1. The van der Waals surface area contributed by atoms with Crippen LogP contribution in [-0.4, -0.2) is 18.5 Å². The average Bonchev–Trinajstić information content (AvgIpc) is 2.35. The third-order valence-electron chi connectivity index (χ3n) is 3.01. The number of carbonyl (C=O) groups is 1. The number of hydrogen-bond acceptors (Lipinski definition) is 2. The Morgan fingerprint density at radius 3 is 3.00 bits per heavy atom. The molecule has 1 fully saturated rings. The fourth-order valence-corrected chi connectivity index (χ4v) is 2.38. The van der Waals surface area contributed by atoms with Gasteiger partial charge in [0.15, 0.2) is 0 Å². The van der Waals surface area contributed by atoms with E-state index >= 15 is 0 Å². The monoisotopic (exact) mass is 296 g/mol. The fourth-order valence-electron chi connectivity index (χ4n) is 2.03. The van der Waals surface area contributed by atoms with Gasteiger partial charge < -0.3 is 10.6 Å². The van der Waals surface area contributed by atoms with Gasteiger partial charge >= 0.3 is 0 Å². The molecule has 1 aromatic carbocycles. The number of rotatable bonds is 2. The Morgan fingerprint density at radius 1 is 1.47 bits per heavy atom. The van der Waals surface area contributed by atoms with Crippen LogP contribution in [0.2, 0.25) is 0 Å². The number of aryl methyl sites for hydroxylation is 1. The average molecular weight is 297 g/mol. The summed E-state index contributed by atoms with van der Waals surface area (Å²) in [5.41, 5.74) is 1.99. The molecule has 3 nitrogen and oxygen atoms in total. The van der Waals surface area contributed by atoms with Gasteiger partial charge in [-0.3, -0.25) is 4.79 Å². The Labute approximate surface area is 110 Å². The molecule has 1 amide bonds. The first-order chi connectivity index (χ1) is 8.16. The minimum Gasteiger partial charge on any atom is -0.324 e. The van der Waals surface area contributed by atoms with E-state index in [0.717, 1.165) is 41.5 Å². The summed E-state index contributed by atoms with van der Waals surface area (Å²) in [4.78, 5) is 12.0. The van der Waals surface area contributed by atoms with Crippen LogP contribution in [0, 0.1) is 6.92 Å². The number of benzene rings is 1. The van der Waals surface area contributed by atoms with Gasteiger partial charge in [-0.15, -0.1) is 0 Å². The van der Waals surface area contributed by atoms with Crippen molar-refractivity contribution in [2.24, 2.45) is 0 Å². The highest BCUT2D eigenvalue weighted by atomic mass is 79.9. The second kappa shape index (κ2) is 5.65. The maximum absolute atomic E-state index is 12.0. The van der Waals surface area contributed by atoms with E-state index in [1.165, 1.54) is 0 Å². The van der Waals surface area contributed by atoms with Crippen molar-refractivity contribution in [1.82, 2.24) is 5.32 Å². The first-order valence-electron chi connectivity index (χ1n) is 5.97. The smallest absolute Gasteiger partial charge is 0.241 e. The molecular formula is C13H17BrN2O. The second-order valence-corrected chi connectivity index (χ2v) is 5.33. The third kappa shape index (κ3) is 3.30. The number of hydrogen-bond donors (Lipinski definition) is 2. The molecule has 1 atom stereocenters. The van der Waals surface area contributed by atoms with Gasteiger partial charge in [-0.05, 0) is 59.9 Å². The summed E-state index contributed by atoms with van der Waals surface area (Å²) < 4.78 is 0.923. The van der Waals surface area contributed by atoms with Gasteiger partial charge in [-0.1, -0.05) is 12.5 Å². The highest BCUT2D eigenvalue weighted by Crippen LogP contribution is 2.23. The van der Waals surface area contributed by atoms with Gasteiger partial charge in [0.1, 0.15) is 0 Å². The summed E-state index contributed by atoms with van der Waals surface area (Å²) in [6, 6.07) is 5.90. The Kier molecular flexibility index (Phi) is 4.18. The largest absolute Gasteiger partial charge is 0.324 e. The summed E-state index contributed by atoms with van der Waals surface area (Å²) >= 11 is 3.45. The van der Waals surface area contributed by atoms with Crippen molar-refractivity contribution >= 4 is 27.5 Å². The second-order valence-electron chi connectivity index (χ2n) is 4.48. The summed E-state index contributed by atoms with van der Waals surface area (Å²) in [6.45, 7) is 2.95. The molecule has 0 radical (unpaired) electrons. The number of piperidine rings is 1. The molecule has 1 unspecified atom stereocenters. The molecule has 0 aromatic heterocycles. The number of nitrogens with one attached hydrogen (secondary N) is 2. The van der Waals surface area contributed by atoms with E-state index in [9.17, 15) is 4.79 Å². The first kappa shape index (κ1) is 12.6. The van der Waals surface area contributed by atoms with Crippen molar-refractivity contribution in [3.63, 3.8) is 0 Å². The number of halogens is 1. The molecule has 2 rings (SSSR count). The van der Waals surface area contributed by atoms with E-state index in [1.807, 2.05) is 25.1 Å². The van der Waals surface area contributed by atoms with Gasteiger partial charge in [0.2, 0.25) is 5.91 Å². The lowest BCUT2D eigenvalue weighted by Gasteiger charge is -2.22. The van der Waals surface area contributed by atoms with Gasteiger partial charge in [0.25, 0.3) is 0 Å². The number of amides is 1. The van der Waals surface area contributed by atoms with E-state index in [0.29, 0.717) is 0 Å². The summed E-state index contributed by atoms with van der Waals surface area (Å²) in [5.74, 6) is 0.0657. The molecule has 0 bridgehead atoms. The maximum Gasteiger partial charge on any atom is 0.241 e. The lowest BCUT2D eigenvalue weighted by Crippen LogP contribution is -2.43. The predicted octanol–water partition coefficient (Wildman–Crippen LogP) is 2.84. The van der Waals surface area contributed by atoms with Crippen LogP contribution >= 0.6 is 15.9 Å². The predicted molar refractivity (Wildman–Crippen MR) is 73.2 cm³/mol. The van der Waals surface area contributed by atoms with Crippen molar-refractivity contribution in [2.75, 3.05) is 11.9 Å². The van der Waals surface area contributed by atoms with Gasteiger partial charge in [-0.2, -0.15) is 0 Å². The molecule has 4 heteroatoms. The van der Waals surface area contributed by atoms with Crippen LogP contribution in [0.5, 0.6) is 0 Å². The summed E-state index contributed by atoms with van der Waals surface area (Å²) in [5, 5.41) is 6.22. The summed E-state index contributed by atoms with van der Waals surface area (Å²) in [6.07, 6.45) is 3.22. The Hall–Kier alpha value is -0.870. The lowest BCUT2D eigenvalue weighted by atomic mass is 10.0. The minimum absolute atomic E-state index is 0.0452. The van der Waals surface area contributed by atoms with Crippen molar-refractivity contribution in [1.29, 1.82) is 0 Å². The molecule has 0 aliphatic carbocycles. The topological polar surface area (TPSA) is 41.1 Å². The fraction of sp³-hybridized carbons (Fsp3) is 0.462.